The Morgan fingerprint density at radius 3 is 0.529 bits per heavy atom. The lowest BCUT2D eigenvalue weighted by atomic mass is 10.0. The molecule has 1 fully saturated rings. The molecule has 0 spiro atoms. The van der Waals surface area contributed by atoms with Gasteiger partial charge in [-0.2, -0.15) is 39.5 Å². The van der Waals surface area contributed by atoms with Crippen molar-refractivity contribution in [2.45, 2.75) is 18.5 Å². The van der Waals surface area contributed by atoms with Crippen LogP contribution in [-0.4, -0.2) is 0 Å². The maximum absolute atomic E-state index is 14.8. The van der Waals surface area contributed by atoms with E-state index in [1.165, 1.54) is 0 Å². The molecule has 1 aliphatic rings. The molecule has 24 heteroatoms. The van der Waals surface area contributed by atoms with Gasteiger partial charge in [0.2, 0.25) is 0 Å². The second-order valence-electron chi connectivity index (χ2n) is 9.88. The minimum atomic E-state index is -6.18. The third kappa shape index (κ3) is 5.82. The topological polar surface area (TPSA) is 78.1 Å². The van der Waals surface area contributed by atoms with E-state index in [2.05, 4.69) is 0 Å². The van der Waals surface area contributed by atoms with Gasteiger partial charge in [-0.25, -0.2) is 52.7 Å². The van der Waals surface area contributed by atoms with Crippen LogP contribution in [0.2, 0.25) is 0 Å². The van der Waals surface area contributed by atoms with Crippen molar-refractivity contribution in [3.63, 3.8) is 0 Å². The van der Waals surface area contributed by atoms with Crippen molar-refractivity contribution in [1.82, 2.24) is 0 Å². The van der Waals surface area contributed by atoms with Gasteiger partial charge in [-0.05, 0) is 0 Å². The van der Waals surface area contributed by atoms with E-state index >= 15 is 0 Å². The third-order valence-corrected chi connectivity index (χ3v) is 6.94. The van der Waals surface area contributed by atoms with Gasteiger partial charge in [0, 0.05) is 16.7 Å². The van der Waals surface area contributed by atoms with Crippen LogP contribution in [-0.2, 0) is 18.5 Å². The van der Waals surface area contributed by atoms with Crippen molar-refractivity contribution in [2.75, 3.05) is 0 Å². The molecule has 0 aromatic heterocycles. The number of halogens is 21. The summed E-state index contributed by atoms with van der Waals surface area (Å²) in [4.78, 5) is 0. The summed E-state index contributed by atoms with van der Waals surface area (Å²) >= 11 is 0. The van der Waals surface area contributed by atoms with Crippen molar-refractivity contribution in [1.29, 1.82) is 0 Å². The van der Waals surface area contributed by atoms with E-state index in [-0.39, 0.29) is 0 Å². The molecular weight excluding hydrogens is 765 g/mol. The lowest BCUT2D eigenvalue weighted by molar-refractivity contribution is -0.144. The Bertz CT molecular complexity index is 1810. The highest BCUT2D eigenvalue weighted by Crippen LogP contribution is 2.55. The number of hydrogen-bond acceptors (Lipinski definition) is 3. The predicted octanol–water partition coefficient (Wildman–Crippen LogP) is 8.84. The van der Waals surface area contributed by atoms with Gasteiger partial charge in [-0.1, -0.05) is 0 Å². The summed E-state index contributed by atoms with van der Waals surface area (Å²) in [6.07, 6.45) is -18.5. The van der Waals surface area contributed by atoms with Crippen molar-refractivity contribution < 1.29 is 92.2 Å². The van der Waals surface area contributed by atoms with E-state index < -0.39 is 156 Å². The quantitative estimate of drug-likeness (QED) is 0.184. The van der Waals surface area contributed by atoms with E-state index in [0.717, 1.165) is 0 Å². The minimum Gasteiger partial charge on any atom is -0.398 e. The SMILES string of the molecule is NC(=C1C(=C(N)c2c(F)c(F)c(C(F)(F)F)c(F)c2F)C1=C(N)c1c(F)c(F)c(C(F)(F)F)c(F)c1F)c1c(F)c(F)c(C(F)(F)F)c(F)c1F. The Labute approximate surface area is 265 Å². The smallest absolute Gasteiger partial charge is 0.398 e. The van der Waals surface area contributed by atoms with Crippen molar-refractivity contribution in [3.05, 3.63) is 120 Å². The van der Waals surface area contributed by atoms with Crippen LogP contribution in [0.3, 0.4) is 0 Å². The van der Waals surface area contributed by atoms with Gasteiger partial charge in [-0.3, -0.25) is 0 Å². The first kappa shape index (κ1) is 38.6. The zero-order valence-electron chi connectivity index (χ0n) is 23.2. The average Bonchev–Trinajstić information content (AvgIpc) is 3.72. The molecule has 0 amide bonds. The number of allylic oxidation sites excluding steroid dienone is 3. The average molecular weight is 771 g/mol. The van der Waals surface area contributed by atoms with Gasteiger partial charge in [0.25, 0.3) is 0 Å². The number of hydrogen-bond donors (Lipinski definition) is 3. The highest BCUT2D eigenvalue weighted by Gasteiger charge is 2.49. The predicted molar refractivity (Wildman–Crippen MR) is 127 cm³/mol. The molecule has 1 saturated carbocycles. The number of rotatable bonds is 3. The summed E-state index contributed by atoms with van der Waals surface area (Å²) in [5.74, 6) is -38.0. The molecular formula is C27H6F21N3. The van der Waals surface area contributed by atoms with Gasteiger partial charge >= 0.3 is 18.5 Å². The van der Waals surface area contributed by atoms with Gasteiger partial charge in [0.05, 0.1) is 33.8 Å². The van der Waals surface area contributed by atoms with E-state index in [1.54, 1.807) is 0 Å². The standard InChI is InChI=1S/C27H6F21N3/c28-10-4(11(29)17(35)7(16(10)34)25(40,41)42)22(49)1-2(23(50)5-12(30)18(36)8(26(43,44)45)19(37)13(5)31)3(1)24(51)6-14(32)20(38)9(27(46,47)48)21(39)15(6)33/h49-51H2. The summed E-state index contributed by atoms with van der Waals surface area (Å²) in [6, 6.07) is 0. The molecule has 0 heterocycles. The zero-order chi connectivity index (χ0) is 39.4. The summed E-state index contributed by atoms with van der Waals surface area (Å²) in [7, 11) is 0. The normalized spacial score (nSPS) is 13.7. The minimum absolute atomic E-state index is 1.71. The number of benzene rings is 3. The molecule has 0 aliphatic heterocycles. The molecule has 3 aromatic carbocycles. The fraction of sp³-hybridized carbons (Fsp3) is 0.111. The van der Waals surface area contributed by atoms with Crippen LogP contribution in [0.1, 0.15) is 33.4 Å². The molecule has 0 radical (unpaired) electrons. The third-order valence-electron chi connectivity index (χ3n) is 6.94. The molecule has 0 bridgehead atoms. The highest BCUT2D eigenvalue weighted by atomic mass is 19.4. The molecule has 1 aliphatic carbocycles. The second kappa shape index (κ2) is 12.0. The zero-order valence-corrected chi connectivity index (χ0v) is 23.2. The molecule has 3 nitrogen and oxygen atoms in total. The van der Waals surface area contributed by atoms with E-state index in [1.807, 2.05) is 0 Å². The molecule has 4 rings (SSSR count). The largest absolute Gasteiger partial charge is 0.422 e. The monoisotopic (exact) mass is 771 g/mol. The van der Waals surface area contributed by atoms with Crippen LogP contribution in [0.25, 0.3) is 17.1 Å². The van der Waals surface area contributed by atoms with E-state index in [4.69, 9.17) is 17.2 Å². The molecule has 6 N–H and O–H groups in total. The first-order valence-electron chi connectivity index (χ1n) is 12.3. The van der Waals surface area contributed by atoms with Crippen LogP contribution in [0.5, 0.6) is 0 Å². The van der Waals surface area contributed by atoms with Crippen LogP contribution >= 0.6 is 0 Å². The molecule has 276 valence electrons. The Morgan fingerprint density at radius 1 is 0.275 bits per heavy atom. The van der Waals surface area contributed by atoms with Gasteiger partial charge in [-0.15, -0.1) is 0 Å². The summed E-state index contributed by atoms with van der Waals surface area (Å²) in [5, 5.41) is 0. The summed E-state index contributed by atoms with van der Waals surface area (Å²) in [6.45, 7) is 0. The van der Waals surface area contributed by atoms with Gasteiger partial charge < -0.3 is 17.2 Å². The molecule has 0 atom stereocenters. The summed E-state index contributed by atoms with van der Waals surface area (Å²) in [5.41, 5.74) is -12.2. The Morgan fingerprint density at radius 2 is 0.412 bits per heavy atom. The summed E-state index contributed by atoms with van der Waals surface area (Å²) < 4.78 is 292. The maximum Gasteiger partial charge on any atom is 0.422 e. The Kier molecular flexibility index (Phi) is 9.05. The van der Waals surface area contributed by atoms with Crippen LogP contribution in [0.4, 0.5) is 92.2 Å². The number of alkyl halides is 9. The van der Waals surface area contributed by atoms with E-state index in [0.29, 0.717) is 0 Å². The van der Waals surface area contributed by atoms with Gasteiger partial charge in [0.15, 0.2) is 69.8 Å². The molecule has 0 saturated heterocycles. The second-order valence-corrected chi connectivity index (χ2v) is 9.88. The Hall–Kier alpha value is -5.19. The molecule has 3 aromatic rings. The first-order valence-corrected chi connectivity index (χ1v) is 12.3. The van der Waals surface area contributed by atoms with Crippen molar-refractivity contribution >= 4 is 17.1 Å². The van der Waals surface area contributed by atoms with Crippen molar-refractivity contribution in [3.8, 4) is 0 Å². The fourth-order valence-electron chi connectivity index (χ4n) is 4.72. The molecule has 0 unspecified atom stereocenters. The number of nitrogens with two attached hydrogens (primary N) is 3. The Balaban J connectivity index is 2.25. The lowest BCUT2D eigenvalue weighted by Gasteiger charge is -2.14. The highest BCUT2D eigenvalue weighted by molar-refractivity contribution is 6.05. The lowest BCUT2D eigenvalue weighted by Crippen LogP contribution is -2.18. The van der Waals surface area contributed by atoms with E-state index in [9.17, 15) is 92.2 Å². The maximum atomic E-state index is 14.8. The molecule has 51 heavy (non-hydrogen) atoms. The van der Waals surface area contributed by atoms with Gasteiger partial charge in [0.1, 0.15) is 16.7 Å². The van der Waals surface area contributed by atoms with Crippen LogP contribution in [0.15, 0.2) is 16.7 Å². The fourth-order valence-corrected chi connectivity index (χ4v) is 4.72. The first-order chi connectivity index (χ1) is 23.0. The van der Waals surface area contributed by atoms with Crippen LogP contribution < -0.4 is 17.2 Å². The van der Waals surface area contributed by atoms with Crippen molar-refractivity contribution in [2.24, 2.45) is 17.2 Å². The van der Waals surface area contributed by atoms with Crippen LogP contribution in [0, 0.1) is 69.8 Å².